The number of amides is 2. The first kappa shape index (κ1) is 19.3. The van der Waals surface area contributed by atoms with Crippen LogP contribution in [0.4, 0.5) is 5.82 Å². The quantitative estimate of drug-likeness (QED) is 0.716. The summed E-state index contributed by atoms with van der Waals surface area (Å²) < 4.78 is 0. The summed E-state index contributed by atoms with van der Waals surface area (Å²) in [5.74, 6) is 0.641. The summed E-state index contributed by atoms with van der Waals surface area (Å²) in [6.07, 6.45) is 1.59. The molecule has 2 amide bonds. The van der Waals surface area contributed by atoms with Crippen LogP contribution >= 0.6 is 11.3 Å². The van der Waals surface area contributed by atoms with Gasteiger partial charge in [0.1, 0.15) is 17.0 Å². The van der Waals surface area contributed by atoms with Crippen LogP contribution in [-0.2, 0) is 4.79 Å². The minimum Gasteiger partial charge on any atom is -0.352 e. The van der Waals surface area contributed by atoms with Gasteiger partial charge in [0.25, 0.3) is 5.91 Å². The Morgan fingerprint density at radius 1 is 1.07 bits per heavy atom. The van der Waals surface area contributed by atoms with Gasteiger partial charge >= 0.3 is 0 Å². The lowest BCUT2D eigenvalue weighted by atomic mass is 10.1. The van der Waals surface area contributed by atoms with E-state index in [1.807, 2.05) is 43.5 Å². The standard InChI is InChI=1S/C21H23N5O2S/c1-14-9-15(2)11-16(10-14)20(28)22-12-18(27)25-4-6-26(7-5-25)19-17-3-8-29-21(17)24-13-23-19/h3,8-11,13H,4-7,12H2,1-2H3,(H,22,28). The third-order valence-electron chi connectivity index (χ3n) is 5.06. The van der Waals surface area contributed by atoms with Gasteiger partial charge in [-0.1, -0.05) is 17.2 Å². The Morgan fingerprint density at radius 2 is 1.79 bits per heavy atom. The Balaban J connectivity index is 1.32. The normalized spacial score (nSPS) is 14.3. The molecule has 0 radical (unpaired) electrons. The van der Waals surface area contributed by atoms with Crippen LogP contribution in [0.5, 0.6) is 0 Å². The lowest BCUT2D eigenvalue weighted by Crippen LogP contribution is -2.51. The van der Waals surface area contributed by atoms with E-state index < -0.39 is 0 Å². The number of thiophene rings is 1. The summed E-state index contributed by atoms with van der Waals surface area (Å²) in [5.41, 5.74) is 2.65. The van der Waals surface area contributed by atoms with E-state index in [-0.39, 0.29) is 18.4 Å². The number of aryl methyl sites for hydroxylation is 2. The molecule has 1 aromatic carbocycles. The molecule has 1 fully saturated rings. The van der Waals surface area contributed by atoms with Gasteiger partial charge in [0.05, 0.1) is 11.9 Å². The van der Waals surface area contributed by atoms with Crippen molar-refractivity contribution in [2.75, 3.05) is 37.6 Å². The first-order valence-corrected chi connectivity index (χ1v) is 10.5. The molecule has 8 heteroatoms. The van der Waals surface area contributed by atoms with E-state index in [0.717, 1.165) is 27.2 Å². The largest absolute Gasteiger partial charge is 0.352 e. The summed E-state index contributed by atoms with van der Waals surface area (Å²) in [7, 11) is 0. The van der Waals surface area contributed by atoms with E-state index in [9.17, 15) is 9.59 Å². The zero-order valence-electron chi connectivity index (χ0n) is 16.5. The molecule has 2 aromatic heterocycles. The van der Waals surface area contributed by atoms with Crippen molar-refractivity contribution in [3.63, 3.8) is 0 Å². The monoisotopic (exact) mass is 409 g/mol. The van der Waals surface area contributed by atoms with Gasteiger partial charge in [-0.25, -0.2) is 9.97 Å². The van der Waals surface area contributed by atoms with Crippen LogP contribution in [0.2, 0.25) is 0 Å². The molecule has 0 bridgehead atoms. The molecule has 0 aliphatic carbocycles. The lowest BCUT2D eigenvalue weighted by molar-refractivity contribution is -0.130. The molecule has 1 aliphatic rings. The number of hydrogen-bond acceptors (Lipinski definition) is 6. The molecule has 0 atom stereocenters. The molecule has 0 saturated carbocycles. The number of carbonyl (C=O) groups is 2. The highest BCUT2D eigenvalue weighted by molar-refractivity contribution is 7.16. The Kier molecular flexibility index (Phi) is 5.44. The van der Waals surface area contributed by atoms with Crippen LogP contribution in [0.25, 0.3) is 10.2 Å². The van der Waals surface area contributed by atoms with Crippen LogP contribution in [0.15, 0.2) is 36.0 Å². The van der Waals surface area contributed by atoms with Gasteiger partial charge in [-0.15, -0.1) is 11.3 Å². The molecule has 3 heterocycles. The van der Waals surface area contributed by atoms with Gasteiger partial charge in [0.2, 0.25) is 5.91 Å². The van der Waals surface area contributed by atoms with E-state index in [1.165, 1.54) is 0 Å². The Morgan fingerprint density at radius 3 is 2.52 bits per heavy atom. The van der Waals surface area contributed by atoms with Crippen LogP contribution in [0.3, 0.4) is 0 Å². The van der Waals surface area contributed by atoms with Crippen LogP contribution in [0, 0.1) is 13.8 Å². The maximum atomic E-state index is 12.6. The second-order valence-electron chi connectivity index (χ2n) is 7.26. The highest BCUT2D eigenvalue weighted by Crippen LogP contribution is 2.27. The Labute approximate surface area is 173 Å². The Hall–Kier alpha value is -3.00. The van der Waals surface area contributed by atoms with E-state index >= 15 is 0 Å². The zero-order chi connectivity index (χ0) is 20.4. The average molecular weight is 410 g/mol. The van der Waals surface area contributed by atoms with Crippen molar-refractivity contribution in [2.45, 2.75) is 13.8 Å². The molecule has 0 spiro atoms. The molecule has 4 rings (SSSR count). The molecule has 1 aliphatic heterocycles. The molecule has 29 heavy (non-hydrogen) atoms. The fourth-order valence-electron chi connectivity index (χ4n) is 3.67. The minimum absolute atomic E-state index is 0.00804. The van der Waals surface area contributed by atoms with Crippen molar-refractivity contribution < 1.29 is 9.59 Å². The highest BCUT2D eigenvalue weighted by atomic mass is 32.1. The van der Waals surface area contributed by atoms with Crippen molar-refractivity contribution in [1.29, 1.82) is 0 Å². The third-order valence-corrected chi connectivity index (χ3v) is 5.88. The maximum Gasteiger partial charge on any atom is 0.251 e. The van der Waals surface area contributed by atoms with Crippen molar-refractivity contribution in [1.82, 2.24) is 20.2 Å². The van der Waals surface area contributed by atoms with Crippen LogP contribution in [-0.4, -0.2) is 59.4 Å². The first-order chi connectivity index (χ1) is 14.0. The predicted molar refractivity (Wildman–Crippen MR) is 114 cm³/mol. The SMILES string of the molecule is Cc1cc(C)cc(C(=O)NCC(=O)N2CCN(c3ncnc4sccc34)CC2)c1. The average Bonchev–Trinajstić information content (AvgIpc) is 3.20. The summed E-state index contributed by atoms with van der Waals surface area (Å²) in [6.45, 7) is 6.54. The number of carbonyl (C=O) groups excluding carboxylic acids is 2. The number of nitrogens with one attached hydrogen (secondary N) is 1. The number of rotatable bonds is 4. The van der Waals surface area contributed by atoms with Gasteiger partial charge < -0.3 is 15.1 Å². The molecular formula is C21H23N5O2S. The number of hydrogen-bond donors (Lipinski definition) is 1. The van der Waals surface area contributed by atoms with Crippen molar-refractivity contribution in [3.05, 3.63) is 52.7 Å². The predicted octanol–water partition coefficient (Wildman–Crippen LogP) is 2.39. The lowest BCUT2D eigenvalue weighted by Gasteiger charge is -2.35. The smallest absolute Gasteiger partial charge is 0.251 e. The van der Waals surface area contributed by atoms with E-state index in [4.69, 9.17) is 0 Å². The molecule has 150 valence electrons. The van der Waals surface area contributed by atoms with Gasteiger partial charge in [0, 0.05) is 31.7 Å². The Bertz CT molecular complexity index is 1040. The van der Waals surface area contributed by atoms with Crippen LogP contribution in [0.1, 0.15) is 21.5 Å². The molecule has 0 unspecified atom stereocenters. The van der Waals surface area contributed by atoms with E-state index in [1.54, 1.807) is 22.6 Å². The molecule has 1 N–H and O–H groups in total. The molecule has 3 aromatic rings. The van der Waals surface area contributed by atoms with Gasteiger partial charge in [0.15, 0.2) is 0 Å². The van der Waals surface area contributed by atoms with Crippen LogP contribution < -0.4 is 10.2 Å². The van der Waals surface area contributed by atoms with Gasteiger partial charge in [-0.2, -0.15) is 0 Å². The highest BCUT2D eigenvalue weighted by Gasteiger charge is 2.23. The second kappa shape index (κ2) is 8.16. The fraction of sp³-hybridized carbons (Fsp3) is 0.333. The number of aromatic nitrogens is 2. The number of nitrogens with zero attached hydrogens (tertiary/aromatic N) is 4. The second-order valence-corrected chi connectivity index (χ2v) is 8.16. The molecule has 7 nitrogen and oxygen atoms in total. The van der Waals surface area contributed by atoms with Crippen molar-refractivity contribution in [3.8, 4) is 0 Å². The number of piperazine rings is 1. The zero-order valence-corrected chi connectivity index (χ0v) is 17.3. The summed E-state index contributed by atoms with van der Waals surface area (Å²) in [4.78, 5) is 38.6. The molecule has 1 saturated heterocycles. The summed E-state index contributed by atoms with van der Waals surface area (Å²) >= 11 is 1.60. The van der Waals surface area contributed by atoms with E-state index in [0.29, 0.717) is 31.7 Å². The third kappa shape index (κ3) is 4.22. The number of benzene rings is 1. The summed E-state index contributed by atoms with van der Waals surface area (Å²) in [6, 6.07) is 7.72. The maximum absolute atomic E-state index is 12.6. The fourth-order valence-corrected chi connectivity index (χ4v) is 4.40. The van der Waals surface area contributed by atoms with Gasteiger partial charge in [-0.05, 0) is 37.4 Å². The van der Waals surface area contributed by atoms with Crippen molar-refractivity contribution in [2.24, 2.45) is 0 Å². The van der Waals surface area contributed by atoms with Gasteiger partial charge in [-0.3, -0.25) is 9.59 Å². The van der Waals surface area contributed by atoms with Crippen molar-refractivity contribution >= 4 is 39.2 Å². The number of fused-ring (bicyclic) bond motifs is 1. The minimum atomic E-state index is -0.218. The number of anilines is 1. The topological polar surface area (TPSA) is 78.4 Å². The first-order valence-electron chi connectivity index (χ1n) is 9.58. The molecular weight excluding hydrogens is 386 g/mol. The summed E-state index contributed by atoms with van der Waals surface area (Å²) in [5, 5.41) is 5.82. The van der Waals surface area contributed by atoms with E-state index in [2.05, 4.69) is 20.2 Å².